The first-order valence-corrected chi connectivity index (χ1v) is 10.9. The van der Waals surface area contributed by atoms with Crippen LogP contribution < -0.4 is 10.2 Å². The van der Waals surface area contributed by atoms with Crippen LogP contribution in [0.25, 0.3) is 0 Å². The van der Waals surface area contributed by atoms with Crippen molar-refractivity contribution < 1.29 is 4.79 Å². The Kier molecular flexibility index (Phi) is 6.02. The summed E-state index contributed by atoms with van der Waals surface area (Å²) in [5.74, 6) is 0.129. The van der Waals surface area contributed by atoms with Crippen LogP contribution in [0.15, 0.2) is 53.9 Å². The summed E-state index contributed by atoms with van der Waals surface area (Å²) >= 11 is 7.68. The molecule has 1 aliphatic heterocycles. The number of carbonyl (C=O) groups excluding carboxylic acids is 1. The molecule has 0 radical (unpaired) electrons. The molecule has 2 heterocycles. The molecule has 0 unspecified atom stereocenters. The van der Waals surface area contributed by atoms with E-state index in [9.17, 15) is 4.79 Å². The molecule has 1 saturated heterocycles. The second-order valence-corrected chi connectivity index (χ2v) is 8.40. The summed E-state index contributed by atoms with van der Waals surface area (Å²) in [6.07, 6.45) is 0.336. The number of thiazole rings is 1. The zero-order valence-electron chi connectivity index (χ0n) is 16.3. The van der Waals surface area contributed by atoms with E-state index in [-0.39, 0.29) is 5.91 Å². The van der Waals surface area contributed by atoms with E-state index in [1.807, 2.05) is 58.8 Å². The van der Waals surface area contributed by atoms with Crippen LogP contribution in [0.5, 0.6) is 0 Å². The maximum absolute atomic E-state index is 12.7. The van der Waals surface area contributed by atoms with Crippen molar-refractivity contribution in [2.45, 2.75) is 13.3 Å². The molecule has 29 heavy (non-hydrogen) atoms. The summed E-state index contributed by atoms with van der Waals surface area (Å²) in [6.45, 7) is 5.14. The average molecular weight is 427 g/mol. The van der Waals surface area contributed by atoms with E-state index in [4.69, 9.17) is 11.6 Å². The number of amides is 1. The van der Waals surface area contributed by atoms with Crippen molar-refractivity contribution in [1.82, 2.24) is 9.88 Å². The highest BCUT2D eigenvalue weighted by atomic mass is 35.5. The number of para-hydroxylation sites is 1. The number of benzene rings is 2. The van der Waals surface area contributed by atoms with Crippen molar-refractivity contribution in [1.29, 1.82) is 0 Å². The number of rotatable bonds is 5. The molecule has 5 nitrogen and oxygen atoms in total. The molecule has 2 aromatic carbocycles. The first-order valence-electron chi connectivity index (χ1n) is 9.64. The van der Waals surface area contributed by atoms with E-state index in [0.29, 0.717) is 19.5 Å². The van der Waals surface area contributed by atoms with Crippen molar-refractivity contribution in [2.24, 2.45) is 0 Å². The minimum Gasteiger partial charge on any atom is -0.368 e. The van der Waals surface area contributed by atoms with Gasteiger partial charge in [0, 0.05) is 48.0 Å². The van der Waals surface area contributed by atoms with Crippen molar-refractivity contribution in [2.75, 3.05) is 36.4 Å². The van der Waals surface area contributed by atoms with Gasteiger partial charge in [0.05, 0.1) is 12.1 Å². The molecule has 7 heteroatoms. The first-order chi connectivity index (χ1) is 14.1. The zero-order chi connectivity index (χ0) is 20.2. The first kappa shape index (κ1) is 19.7. The summed E-state index contributed by atoms with van der Waals surface area (Å²) in [5.41, 5.74) is 4.16. The Hall–Kier alpha value is -2.57. The monoisotopic (exact) mass is 426 g/mol. The molecule has 0 saturated carbocycles. The van der Waals surface area contributed by atoms with Gasteiger partial charge in [0.25, 0.3) is 0 Å². The van der Waals surface area contributed by atoms with Gasteiger partial charge in [0.2, 0.25) is 5.91 Å². The Morgan fingerprint density at radius 2 is 1.90 bits per heavy atom. The second kappa shape index (κ2) is 8.84. The Balaban J connectivity index is 1.32. The third-order valence-corrected chi connectivity index (χ3v) is 6.10. The molecular formula is C22H23ClN4OS. The fraction of sp³-hybridized carbons (Fsp3) is 0.273. The number of anilines is 3. The van der Waals surface area contributed by atoms with Crippen LogP contribution in [0.4, 0.5) is 16.5 Å². The summed E-state index contributed by atoms with van der Waals surface area (Å²) in [6, 6.07) is 15.9. The molecule has 4 rings (SSSR count). The minimum atomic E-state index is 0.129. The van der Waals surface area contributed by atoms with Gasteiger partial charge < -0.3 is 15.1 Å². The van der Waals surface area contributed by atoms with E-state index in [2.05, 4.69) is 22.1 Å². The summed E-state index contributed by atoms with van der Waals surface area (Å²) in [7, 11) is 0. The third-order valence-electron chi connectivity index (χ3n) is 5.05. The van der Waals surface area contributed by atoms with Crippen molar-refractivity contribution in [3.63, 3.8) is 0 Å². The lowest BCUT2D eigenvalue weighted by atomic mass is 10.1. The quantitative estimate of drug-likeness (QED) is 0.640. The fourth-order valence-corrected chi connectivity index (χ4v) is 4.37. The summed E-state index contributed by atoms with van der Waals surface area (Å²) in [4.78, 5) is 21.5. The molecule has 0 bridgehead atoms. The largest absolute Gasteiger partial charge is 0.368 e. The predicted octanol–water partition coefficient (Wildman–Crippen LogP) is 4.74. The number of hydrogen-bond acceptors (Lipinski definition) is 5. The van der Waals surface area contributed by atoms with Gasteiger partial charge in [-0.05, 0) is 36.8 Å². The van der Waals surface area contributed by atoms with Crippen LogP contribution >= 0.6 is 22.9 Å². The lowest BCUT2D eigenvalue weighted by Crippen LogP contribution is -2.49. The number of hydrogen-bond donors (Lipinski definition) is 1. The Labute approximate surface area is 179 Å². The van der Waals surface area contributed by atoms with Gasteiger partial charge in [0.1, 0.15) is 0 Å². The van der Waals surface area contributed by atoms with Crippen LogP contribution in [-0.4, -0.2) is 42.0 Å². The molecule has 0 atom stereocenters. The fourth-order valence-electron chi connectivity index (χ4n) is 3.48. The average Bonchev–Trinajstić information content (AvgIpc) is 3.17. The summed E-state index contributed by atoms with van der Waals surface area (Å²) in [5, 5.41) is 6.78. The van der Waals surface area contributed by atoms with Crippen molar-refractivity contribution >= 4 is 45.4 Å². The Morgan fingerprint density at radius 3 is 2.66 bits per heavy atom. The SMILES string of the molecule is Cc1ccc(Cl)cc1N1CCN(C(=O)Cc2csc(Nc3ccccc3)n2)CC1. The number of aryl methyl sites for hydroxylation is 1. The van der Waals surface area contributed by atoms with E-state index in [1.165, 1.54) is 16.9 Å². The molecular weight excluding hydrogens is 404 g/mol. The lowest BCUT2D eigenvalue weighted by Gasteiger charge is -2.36. The number of carbonyl (C=O) groups is 1. The molecule has 1 N–H and O–H groups in total. The standard InChI is InChI=1S/C22H23ClN4OS/c1-16-7-8-17(23)13-20(16)26-9-11-27(12-10-26)21(28)14-19-15-29-22(25-19)24-18-5-3-2-4-6-18/h2-8,13,15H,9-12,14H2,1H3,(H,24,25). The van der Waals surface area contributed by atoms with Gasteiger partial charge in [-0.1, -0.05) is 35.9 Å². The summed E-state index contributed by atoms with van der Waals surface area (Å²) < 4.78 is 0. The zero-order valence-corrected chi connectivity index (χ0v) is 17.8. The van der Waals surface area contributed by atoms with Gasteiger partial charge >= 0.3 is 0 Å². The number of nitrogens with one attached hydrogen (secondary N) is 1. The maximum atomic E-state index is 12.7. The Bertz CT molecular complexity index is 983. The molecule has 150 valence electrons. The molecule has 1 aromatic heterocycles. The second-order valence-electron chi connectivity index (χ2n) is 7.11. The topological polar surface area (TPSA) is 48.5 Å². The van der Waals surface area contributed by atoms with E-state index < -0.39 is 0 Å². The van der Waals surface area contributed by atoms with Gasteiger partial charge in [-0.3, -0.25) is 4.79 Å². The normalized spacial score (nSPS) is 14.1. The number of nitrogens with zero attached hydrogens (tertiary/aromatic N) is 3. The van der Waals surface area contributed by atoms with Crippen LogP contribution in [0.2, 0.25) is 5.02 Å². The number of halogens is 1. The highest BCUT2D eigenvalue weighted by molar-refractivity contribution is 7.13. The number of piperazine rings is 1. The maximum Gasteiger partial charge on any atom is 0.228 e. The van der Waals surface area contributed by atoms with Crippen LogP contribution in [0.1, 0.15) is 11.3 Å². The predicted molar refractivity (Wildman–Crippen MR) is 121 cm³/mol. The van der Waals surface area contributed by atoms with Crippen molar-refractivity contribution in [3.05, 3.63) is 70.2 Å². The van der Waals surface area contributed by atoms with Gasteiger partial charge in [-0.25, -0.2) is 4.98 Å². The van der Waals surface area contributed by atoms with Crippen LogP contribution in [0.3, 0.4) is 0 Å². The Morgan fingerprint density at radius 1 is 1.14 bits per heavy atom. The minimum absolute atomic E-state index is 0.129. The molecule has 3 aromatic rings. The van der Waals surface area contributed by atoms with E-state index >= 15 is 0 Å². The molecule has 0 spiro atoms. The third kappa shape index (κ3) is 4.89. The molecule has 1 aliphatic rings. The number of aromatic nitrogens is 1. The van der Waals surface area contributed by atoms with E-state index in [1.54, 1.807) is 0 Å². The molecule has 1 amide bonds. The van der Waals surface area contributed by atoms with E-state index in [0.717, 1.165) is 40.3 Å². The smallest absolute Gasteiger partial charge is 0.228 e. The van der Waals surface area contributed by atoms with Crippen molar-refractivity contribution in [3.8, 4) is 0 Å². The highest BCUT2D eigenvalue weighted by Crippen LogP contribution is 2.26. The highest BCUT2D eigenvalue weighted by Gasteiger charge is 2.23. The van der Waals surface area contributed by atoms with Gasteiger partial charge in [0.15, 0.2) is 5.13 Å². The molecule has 0 aliphatic carbocycles. The van der Waals surface area contributed by atoms with Crippen LogP contribution in [-0.2, 0) is 11.2 Å². The van der Waals surface area contributed by atoms with Gasteiger partial charge in [-0.15, -0.1) is 11.3 Å². The lowest BCUT2D eigenvalue weighted by molar-refractivity contribution is -0.130. The van der Waals surface area contributed by atoms with Gasteiger partial charge in [-0.2, -0.15) is 0 Å². The van der Waals surface area contributed by atoms with Crippen LogP contribution in [0, 0.1) is 6.92 Å². The molecule has 1 fully saturated rings.